The number of hydrogen-bond donors (Lipinski definition) is 0. The molecule has 8 nitrogen and oxygen atoms in total. The minimum Gasteiger partial charge on any atom is -0.366 e. The topological polar surface area (TPSA) is 80.0 Å². The third-order valence-electron chi connectivity index (χ3n) is 6.50. The average Bonchev–Trinajstić information content (AvgIpc) is 3.64. The van der Waals surface area contributed by atoms with Gasteiger partial charge in [-0.15, -0.1) is 21.5 Å². The SMILES string of the molecule is O=C(c1csc(CSc2nnc(-c3cccnc3)n2-c2ccccc2F)n1)N1CCN(c2ccccc2F)CC1. The Morgan fingerprint density at radius 1 is 0.900 bits per heavy atom. The lowest BCUT2D eigenvalue weighted by molar-refractivity contribution is 0.0741. The summed E-state index contributed by atoms with van der Waals surface area (Å²) in [6, 6.07) is 16.8. The molecular weight excluding hydrogens is 552 g/mol. The maximum atomic E-state index is 14.8. The fourth-order valence-corrected chi connectivity index (χ4v) is 6.25. The van der Waals surface area contributed by atoms with E-state index < -0.39 is 5.82 Å². The fraction of sp³-hybridized carbons (Fsp3) is 0.179. The predicted octanol–water partition coefficient (Wildman–Crippen LogP) is 5.32. The lowest BCUT2D eigenvalue weighted by Gasteiger charge is -2.35. The van der Waals surface area contributed by atoms with Gasteiger partial charge in [0.25, 0.3) is 5.91 Å². The average molecular weight is 576 g/mol. The number of hydrogen-bond acceptors (Lipinski definition) is 8. The summed E-state index contributed by atoms with van der Waals surface area (Å²) in [4.78, 5) is 25.6. The summed E-state index contributed by atoms with van der Waals surface area (Å²) < 4.78 is 30.7. The third-order valence-corrected chi connectivity index (χ3v) is 8.47. The molecule has 0 bridgehead atoms. The van der Waals surface area contributed by atoms with Crippen molar-refractivity contribution < 1.29 is 13.6 Å². The largest absolute Gasteiger partial charge is 0.366 e. The van der Waals surface area contributed by atoms with E-state index in [4.69, 9.17) is 0 Å². The van der Waals surface area contributed by atoms with Crippen molar-refractivity contribution in [3.8, 4) is 17.1 Å². The Morgan fingerprint density at radius 3 is 2.33 bits per heavy atom. The van der Waals surface area contributed by atoms with Gasteiger partial charge in [-0.3, -0.25) is 14.3 Å². The lowest BCUT2D eigenvalue weighted by Crippen LogP contribution is -2.49. The van der Waals surface area contributed by atoms with Crippen molar-refractivity contribution in [1.82, 2.24) is 29.6 Å². The number of para-hydroxylation sites is 2. The lowest BCUT2D eigenvalue weighted by atomic mass is 10.2. The van der Waals surface area contributed by atoms with Gasteiger partial charge in [0.15, 0.2) is 11.0 Å². The summed E-state index contributed by atoms with van der Waals surface area (Å²) in [5.74, 6) is 0.103. The van der Waals surface area contributed by atoms with Crippen LogP contribution in [0.25, 0.3) is 17.1 Å². The standard InChI is InChI=1S/C28H23F2N7OS2/c29-20-7-1-3-9-23(20)35-12-14-36(15-13-35)27(38)22-17-39-25(32-22)18-40-28-34-33-26(19-6-5-11-31-16-19)37(28)24-10-4-2-8-21(24)30/h1-11,16-17H,12-15,18H2. The number of anilines is 1. The van der Waals surface area contributed by atoms with Crippen LogP contribution in [0.4, 0.5) is 14.5 Å². The predicted molar refractivity (Wildman–Crippen MR) is 151 cm³/mol. The Balaban J connectivity index is 1.15. The number of carbonyl (C=O) groups is 1. The molecule has 0 spiro atoms. The minimum absolute atomic E-state index is 0.144. The number of thiazole rings is 1. The van der Waals surface area contributed by atoms with Gasteiger partial charge in [-0.2, -0.15) is 0 Å². The fourth-order valence-electron chi connectivity index (χ4n) is 4.52. The second kappa shape index (κ2) is 11.5. The molecule has 4 heterocycles. The Hall–Kier alpha value is -4.16. The molecule has 1 aliphatic rings. The molecule has 1 fully saturated rings. The molecule has 202 valence electrons. The zero-order valence-electron chi connectivity index (χ0n) is 21.2. The van der Waals surface area contributed by atoms with Crippen LogP contribution in [0.2, 0.25) is 0 Å². The first-order valence-corrected chi connectivity index (χ1v) is 14.4. The van der Waals surface area contributed by atoms with Crippen molar-refractivity contribution in [2.45, 2.75) is 10.9 Å². The monoisotopic (exact) mass is 575 g/mol. The molecule has 0 saturated carbocycles. The number of benzene rings is 2. The van der Waals surface area contributed by atoms with Crippen molar-refractivity contribution in [3.63, 3.8) is 0 Å². The molecule has 1 amide bonds. The number of amides is 1. The van der Waals surface area contributed by atoms with Gasteiger partial charge in [0.05, 0.1) is 17.1 Å². The first-order valence-electron chi connectivity index (χ1n) is 12.5. The summed E-state index contributed by atoms with van der Waals surface area (Å²) in [5, 5.41) is 11.6. The maximum absolute atomic E-state index is 14.8. The summed E-state index contributed by atoms with van der Waals surface area (Å²) in [7, 11) is 0. The van der Waals surface area contributed by atoms with E-state index in [1.54, 1.807) is 63.6 Å². The molecule has 1 saturated heterocycles. The zero-order chi connectivity index (χ0) is 27.5. The smallest absolute Gasteiger partial charge is 0.273 e. The van der Waals surface area contributed by atoms with Crippen LogP contribution in [0.1, 0.15) is 15.5 Å². The number of nitrogens with zero attached hydrogens (tertiary/aromatic N) is 7. The molecule has 0 N–H and O–H groups in total. The van der Waals surface area contributed by atoms with Crippen molar-refractivity contribution >= 4 is 34.7 Å². The van der Waals surface area contributed by atoms with Gasteiger partial charge in [-0.05, 0) is 36.4 Å². The second-order valence-corrected chi connectivity index (χ2v) is 10.9. The Bertz CT molecular complexity index is 1630. The van der Waals surface area contributed by atoms with Gasteiger partial charge in [0.1, 0.15) is 22.3 Å². The Morgan fingerprint density at radius 2 is 1.62 bits per heavy atom. The van der Waals surface area contributed by atoms with Crippen LogP contribution in [-0.4, -0.2) is 61.7 Å². The van der Waals surface area contributed by atoms with Gasteiger partial charge >= 0.3 is 0 Å². The Labute approximate surface area is 237 Å². The molecule has 0 aliphatic carbocycles. The van der Waals surface area contributed by atoms with Crippen LogP contribution in [-0.2, 0) is 5.75 Å². The number of halogens is 2. The van der Waals surface area contributed by atoms with Crippen LogP contribution in [0.3, 0.4) is 0 Å². The molecule has 0 unspecified atom stereocenters. The van der Waals surface area contributed by atoms with Crippen LogP contribution in [0, 0.1) is 11.6 Å². The molecule has 5 aromatic rings. The molecule has 3 aromatic heterocycles. The van der Waals surface area contributed by atoms with Crippen molar-refractivity contribution in [3.05, 3.63) is 101 Å². The zero-order valence-corrected chi connectivity index (χ0v) is 22.8. The molecule has 40 heavy (non-hydrogen) atoms. The first kappa shape index (κ1) is 26.1. The van der Waals surface area contributed by atoms with E-state index in [0.29, 0.717) is 65.5 Å². The van der Waals surface area contributed by atoms with E-state index in [1.807, 2.05) is 17.0 Å². The molecular formula is C28H23F2N7OS2. The highest BCUT2D eigenvalue weighted by atomic mass is 32.2. The van der Waals surface area contributed by atoms with E-state index in [2.05, 4.69) is 20.2 Å². The molecule has 2 aromatic carbocycles. The highest BCUT2D eigenvalue weighted by Gasteiger charge is 2.25. The highest BCUT2D eigenvalue weighted by molar-refractivity contribution is 7.98. The first-order chi connectivity index (χ1) is 19.6. The van der Waals surface area contributed by atoms with Gasteiger partial charge in [-0.1, -0.05) is 36.0 Å². The molecule has 0 atom stereocenters. The number of piperazine rings is 1. The molecule has 12 heteroatoms. The van der Waals surface area contributed by atoms with Crippen LogP contribution in [0.15, 0.2) is 83.6 Å². The van der Waals surface area contributed by atoms with Crippen LogP contribution in [0.5, 0.6) is 0 Å². The molecule has 0 radical (unpaired) electrons. The van der Waals surface area contributed by atoms with Gasteiger partial charge < -0.3 is 9.80 Å². The van der Waals surface area contributed by atoms with Gasteiger partial charge in [0.2, 0.25) is 0 Å². The van der Waals surface area contributed by atoms with Gasteiger partial charge in [0, 0.05) is 49.5 Å². The third kappa shape index (κ3) is 5.32. The maximum Gasteiger partial charge on any atom is 0.273 e. The van der Waals surface area contributed by atoms with Crippen molar-refractivity contribution in [2.24, 2.45) is 0 Å². The summed E-state index contributed by atoms with van der Waals surface area (Å²) >= 11 is 2.75. The van der Waals surface area contributed by atoms with E-state index in [1.165, 1.54) is 35.2 Å². The summed E-state index contributed by atoms with van der Waals surface area (Å²) in [5.41, 5.74) is 1.98. The number of thioether (sulfide) groups is 1. The Kier molecular flexibility index (Phi) is 7.51. The normalized spacial score (nSPS) is 13.6. The van der Waals surface area contributed by atoms with E-state index in [9.17, 15) is 13.6 Å². The van der Waals surface area contributed by atoms with E-state index >= 15 is 0 Å². The number of aromatic nitrogens is 5. The van der Waals surface area contributed by atoms with Gasteiger partial charge in [-0.25, -0.2) is 13.8 Å². The summed E-state index contributed by atoms with van der Waals surface area (Å²) in [6.07, 6.45) is 3.32. The summed E-state index contributed by atoms with van der Waals surface area (Å²) in [6.45, 7) is 2.06. The van der Waals surface area contributed by atoms with Crippen LogP contribution >= 0.6 is 23.1 Å². The number of carbonyl (C=O) groups excluding carboxylic acids is 1. The number of pyridine rings is 1. The molecule has 6 rings (SSSR count). The second-order valence-electron chi connectivity index (χ2n) is 8.98. The highest BCUT2D eigenvalue weighted by Crippen LogP contribution is 2.31. The van der Waals surface area contributed by atoms with E-state index in [-0.39, 0.29) is 11.7 Å². The van der Waals surface area contributed by atoms with Crippen LogP contribution < -0.4 is 4.90 Å². The minimum atomic E-state index is -0.397. The van der Waals surface area contributed by atoms with Crippen molar-refractivity contribution in [2.75, 3.05) is 31.1 Å². The quantitative estimate of drug-likeness (QED) is 0.243. The van der Waals surface area contributed by atoms with Crippen molar-refractivity contribution in [1.29, 1.82) is 0 Å². The number of rotatable bonds is 7. The molecule has 1 aliphatic heterocycles. The van der Waals surface area contributed by atoms with E-state index in [0.717, 1.165) is 5.01 Å².